The monoisotopic (exact) mass is 231 g/mol. The van der Waals surface area contributed by atoms with E-state index in [-0.39, 0.29) is 0 Å². The van der Waals surface area contributed by atoms with Crippen molar-refractivity contribution in [3.05, 3.63) is 47.8 Å². The van der Waals surface area contributed by atoms with Crippen molar-refractivity contribution in [1.82, 2.24) is 20.0 Å². The lowest BCUT2D eigenvalue weighted by Gasteiger charge is -2.06. The number of nitrogen functional groups attached to an aromatic ring is 1. The second kappa shape index (κ2) is 4.75. The van der Waals surface area contributed by atoms with E-state index < -0.39 is 5.91 Å². The van der Waals surface area contributed by atoms with Crippen molar-refractivity contribution in [2.75, 3.05) is 0 Å². The van der Waals surface area contributed by atoms with E-state index >= 15 is 0 Å². The Balaban J connectivity index is 2.22. The molecule has 6 nitrogen and oxygen atoms in total. The number of nitrogens with two attached hydrogens (primary N) is 1. The highest BCUT2D eigenvalue weighted by atomic mass is 16.2. The van der Waals surface area contributed by atoms with Crippen molar-refractivity contribution in [2.45, 2.75) is 13.5 Å². The predicted molar refractivity (Wildman–Crippen MR) is 62.0 cm³/mol. The van der Waals surface area contributed by atoms with Crippen molar-refractivity contribution >= 4 is 5.91 Å². The SMILES string of the molecule is Cc1nccn1Cc1cccc(C(=O)NN)n1. The maximum atomic E-state index is 11.3. The van der Waals surface area contributed by atoms with Crippen LogP contribution in [-0.2, 0) is 6.54 Å². The summed E-state index contributed by atoms with van der Waals surface area (Å²) in [6.07, 6.45) is 3.60. The summed E-state index contributed by atoms with van der Waals surface area (Å²) < 4.78 is 1.95. The second-order valence-corrected chi connectivity index (χ2v) is 3.59. The molecule has 2 heterocycles. The van der Waals surface area contributed by atoms with Crippen LogP contribution in [0.15, 0.2) is 30.6 Å². The van der Waals surface area contributed by atoms with Crippen LogP contribution >= 0.6 is 0 Å². The van der Waals surface area contributed by atoms with Crippen LogP contribution in [0.5, 0.6) is 0 Å². The van der Waals surface area contributed by atoms with Crippen molar-refractivity contribution in [2.24, 2.45) is 5.84 Å². The zero-order valence-electron chi connectivity index (χ0n) is 9.42. The van der Waals surface area contributed by atoms with E-state index in [4.69, 9.17) is 5.84 Å². The third-order valence-corrected chi connectivity index (χ3v) is 2.43. The molecule has 0 aliphatic heterocycles. The van der Waals surface area contributed by atoms with Crippen LogP contribution in [0.3, 0.4) is 0 Å². The number of carbonyl (C=O) groups excluding carboxylic acids is 1. The maximum Gasteiger partial charge on any atom is 0.283 e. The van der Waals surface area contributed by atoms with Gasteiger partial charge in [0.05, 0.1) is 12.2 Å². The van der Waals surface area contributed by atoms with Crippen LogP contribution in [0, 0.1) is 6.92 Å². The summed E-state index contributed by atoms with van der Waals surface area (Å²) in [5.41, 5.74) is 3.15. The van der Waals surface area contributed by atoms with Gasteiger partial charge < -0.3 is 4.57 Å². The summed E-state index contributed by atoms with van der Waals surface area (Å²) in [4.78, 5) is 19.7. The molecule has 1 amide bonds. The number of rotatable bonds is 3. The first-order valence-corrected chi connectivity index (χ1v) is 5.15. The van der Waals surface area contributed by atoms with E-state index in [1.807, 2.05) is 23.8 Å². The molecule has 0 spiro atoms. The summed E-state index contributed by atoms with van der Waals surface area (Å²) in [6, 6.07) is 5.25. The zero-order valence-corrected chi connectivity index (χ0v) is 9.42. The topological polar surface area (TPSA) is 85.8 Å². The van der Waals surface area contributed by atoms with Gasteiger partial charge in [-0.15, -0.1) is 0 Å². The molecule has 2 aromatic heterocycles. The highest BCUT2D eigenvalue weighted by molar-refractivity contribution is 5.91. The van der Waals surface area contributed by atoms with Crippen LogP contribution in [-0.4, -0.2) is 20.4 Å². The third-order valence-electron chi connectivity index (χ3n) is 2.43. The fourth-order valence-corrected chi connectivity index (χ4v) is 1.51. The number of hydrogen-bond donors (Lipinski definition) is 2. The Hall–Kier alpha value is -2.21. The molecular formula is C11H13N5O. The molecule has 2 aromatic rings. The molecule has 0 fully saturated rings. The van der Waals surface area contributed by atoms with Gasteiger partial charge in [-0.1, -0.05) is 6.07 Å². The predicted octanol–water partition coefficient (Wildman–Crippen LogP) is 0.238. The Morgan fingerprint density at radius 1 is 1.53 bits per heavy atom. The van der Waals surface area contributed by atoms with Gasteiger partial charge in [0.1, 0.15) is 11.5 Å². The minimum Gasteiger partial charge on any atom is -0.329 e. The Kier molecular flexibility index (Phi) is 3.15. The largest absolute Gasteiger partial charge is 0.329 e. The number of hydrazine groups is 1. The number of imidazole rings is 1. The lowest BCUT2D eigenvalue weighted by Crippen LogP contribution is -2.30. The lowest BCUT2D eigenvalue weighted by atomic mass is 10.3. The fourth-order valence-electron chi connectivity index (χ4n) is 1.51. The Morgan fingerprint density at radius 2 is 2.35 bits per heavy atom. The summed E-state index contributed by atoms with van der Waals surface area (Å²) in [5.74, 6) is 5.57. The first-order valence-electron chi connectivity index (χ1n) is 5.15. The van der Waals surface area contributed by atoms with E-state index in [2.05, 4.69) is 15.4 Å². The lowest BCUT2D eigenvalue weighted by molar-refractivity contribution is 0.0948. The number of aryl methyl sites for hydroxylation is 1. The van der Waals surface area contributed by atoms with Crippen LogP contribution in [0.2, 0.25) is 0 Å². The van der Waals surface area contributed by atoms with E-state index in [1.165, 1.54) is 0 Å². The first kappa shape index (κ1) is 11.3. The van der Waals surface area contributed by atoms with Gasteiger partial charge in [-0.25, -0.2) is 15.8 Å². The highest BCUT2D eigenvalue weighted by Gasteiger charge is 2.06. The van der Waals surface area contributed by atoms with E-state index in [0.717, 1.165) is 11.5 Å². The van der Waals surface area contributed by atoms with Gasteiger partial charge in [-0.3, -0.25) is 10.2 Å². The van der Waals surface area contributed by atoms with E-state index in [0.29, 0.717) is 12.2 Å². The number of carbonyl (C=O) groups is 1. The zero-order chi connectivity index (χ0) is 12.3. The van der Waals surface area contributed by atoms with Gasteiger partial charge in [0.2, 0.25) is 0 Å². The minimum atomic E-state index is -0.394. The Labute approximate surface area is 98.5 Å². The number of pyridine rings is 1. The first-order chi connectivity index (χ1) is 8.20. The van der Waals surface area contributed by atoms with Gasteiger partial charge >= 0.3 is 0 Å². The Morgan fingerprint density at radius 3 is 3.00 bits per heavy atom. The van der Waals surface area contributed by atoms with Crippen molar-refractivity contribution < 1.29 is 4.79 Å². The molecule has 0 saturated carbocycles. The quantitative estimate of drug-likeness (QED) is 0.450. The summed E-state index contributed by atoms with van der Waals surface area (Å²) in [6.45, 7) is 2.49. The van der Waals surface area contributed by atoms with Crippen molar-refractivity contribution in [1.29, 1.82) is 0 Å². The van der Waals surface area contributed by atoms with Crippen LogP contribution in [0.25, 0.3) is 0 Å². The molecule has 0 saturated heterocycles. The van der Waals surface area contributed by atoms with Gasteiger partial charge in [-0.05, 0) is 19.1 Å². The van der Waals surface area contributed by atoms with Crippen LogP contribution in [0.1, 0.15) is 22.0 Å². The number of nitrogens with one attached hydrogen (secondary N) is 1. The van der Waals surface area contributed by atoms with Gasteiger partial charge in [0.25, 0.3) is 5.91 Å². The molecular weight excluding hydrogens is 218 g/mol. The molecule has 2 rings (SSSR count). The summed E-state index contributed by atoms with van der Waals surface area (Å²) in [7, 11) is 0. The molecule has 88 valence electrons. The molecule has 0 bridgehead atoms. The number of aromatic nitrogens is 3. The van der Waals surface area contributed by atoms with Crippen molar-refractivity contribution in [3.63, 3.8) is 0 Å². The Bertz CT molecular complexity index is 534. The number of amides is 1. The number of nitrogens with zero attached hydrogens (tertiary/aromatic N) is 3. The number of hydrogen-bond acceptors (Lipinski definition) is 4. The molecule has 0 radical (unpaired) electrons. The van der Waals surface area contributed by atoms with Gasteiger partial charge in [0, 0.05) is 12.4 Å². The maximum absolute atomic E-state index is 11.3. The average Bonchev–Trinajstić information content (AvgIpc) is 2.74. The third kappa shape index (κ3) is 2.48. The standard InChI is InChI=1S/C11H13N5O/c1-8-13-5-6-16(8)7-9-3-2-4-10(14-9)11(17)15-12/h2-6H,7,12H2,1H3,(H,15,17). The molecule has 3 N–H and O–H groups in total. The van der Waals surface area contributed by atoms with Crippen molar-refractivity contribution in [3.8, 4) is 0 Å². The highest BCUT2D eigenvalue weighted by Crippen LogP contribution is 2.04. The molecule has 0 aliphatic carbocycles. The van der Waals surface area contributed by atoms with Gasteiger partial charge in [0.15, 0.2) is 0 Å². The smallest absolute Gasteiger partial charge is 0.283 e. The normalized spacial score (nSPS) is 10.2. The molecule has 6 heteroatoms. The molecule has 0 atom stereocenters. The van der Waals surface area contributed by atoms with Crippen LogP contribution < -0.4 is 11.3 Å². The molecule has 0 aliphatic rings. The van der Waals surface area contributed by atoms with E-state index in [1.54, 1.807) is 18.3 Å². The summed E-state index contributed by atoms with van der Waals surface area (Å²) >= 11 is 0. The van der Waals surface area contributed by atoms with Gasteiger partial charge in [-0.2, -0.15) is 0 Å². The minimum absolute atomic E-state index is 0.308. The molecule has 0 unspecified atom stereocenters. The average molecular weight is 231 g/mol. The van der Waals surface area contributed by atoms with E-state index in [9.17, 15) is 4.79 Å². The fraction of sp³-hybridized carbons (Fsp3) is 0.182. The summed E-state index contributed by atoms with van der Waals surface area (Å²) in [5, 5.41) is 0. The second-order valence-electron chi connectivity index (χ2n) is 3.59. The van der Waals surface area contributed by atoms with Crippen LogP contribution in [0.4, 0.5) is 0 Å². The molecule has 0 aromatic carbocycles. The molecule has 17 heavy (non-hydrogen) atoms.